The van der Waals surface area contributed by atoms with Gasteiger partial charge in [-0.3, -0.25) is 9.59 Å². The Morgan fingerprint density at radius 2 is 0.651 bits per heavy atom. The number of hydrogen-bond donors (Lipinski definition) is 3. The van der Waals surface area contributed by atoms with E-state index in [9.17, 15) is 19.8 Å². The number of aliphatic hydroxyl groups is 2. The van der Waals surface area contributed by atoms with Crippen molar-refractivity contribution in [3.05, 3.63) is 0 Å². The molecule has 0 fully saturated rings. The van der Waals surface area contributed by atoms with Crippen LogP contribution in [0, 0.1) is 0 Å². The number of carbonyl (C=O) groups is 2. The zero-order valence-corrected chi connectivity index (χ0v) is 42.8. The average molecular weight is 893 g/mol. The van der Waals surface area contributed by atoms with Gasteiger partial charge in [0.2, 0.25) is 5.91 Å². The first-order valence-electron chi connectivity index (χ1n) is 28.8. The van der Waals surface area contributed by atoms with Crippen molar-refractivity contribution in [3.8, 4) is 0 Å². The van der Waals surface area contributed by atoms with Crippen molar-refractivity contribution in [2.24, 2.45) is 0 Å². The second kappa shape index (κ2) is 53.5. The van der Waals surface area contributed by atoms with Crippen LogP contribution in [0.5, 0.6) is 0 Å². The fraction of sp³-hybridized carbons (Fsp3) is 0.965. The molecular weight excluding hydrogens is 779 g/mol. The van der Waals surface area contributed by atoms with Crippen molar-refractivity contribution < 1.29 is 24.5 Å². The Hall–Kier alpha value is -1.14. The largest absolute Gasteiger partial charge is 0.466 e. The van der Waals surface area contributed by atoms with E-state index in [2.05, 4.69) is 19.2 Å². The molecule has 376 valence electrons. The molecule has 1 amide bonds. The molecule has 0 aromatic heterocycles. The van der Waals surface area contributed by atoms with Crippen LogP contribution in [0.15, 0.2) is 0 Å². The van der Waals surface area contributed by atoms with Gasteiger partial charge < -0.3 is 20.3 Å². The van der Waals surface area contributed by atoms with Crippen molar-refractivity contribution in [2.75, 3.05) is 13.2 Å². The van der Waals surface area contributed by atoms with Gasteiger partial charge in [0.05, 0.1) is 25.4 Å². The third-order valence-electron chi connectivity index (χ3n) is 13.7. The van der Waals surface area contributed by atoms with E-state index >= 15 is 0 Å². The first-order valence-corrected chi connectivity index (χ1v) is 28.8. The predicted octanol–water partition coefficient (Wildman–Crippen LogP) is 17.5. The molecule has 0 rings (SSSR count). The molecule has 0 bridgehead atoms. The van der Waals surface area contributed by atoms with Gasteiger partial charge in [0.1, 0.15) is 0 Å². The van der Waals surface area contributed by atoms with Gasteiger partial charge in [0.15, 0.2) is 0 Å². The zero-order chi connectivity index (χ0) is 45.8. The van der Waals surface area contributed by atoms with E-state index in [4.69, 9.17) is 4.74 Å². The number of hydrogen-bond acceptors (Lipinski definition) is 5. The molecule has 0 aliphatic carbocycles. The van der Waals surface area contributed by atoms with E-state index in [0.29, 0.717) is 25.9 Å². The van der Waals surface area contributed by atoms with Gasteiger partial charge in [0, 0.05) is 12.8 Å². The summed E-state index contributed by atoms with van der Waals surface area (Å²) in [6.45, 7) is 4.96. The maximum absolute atomic E-state index is 12.4. The molecule has 0 aromatic rings. The van der Waals surface area contributed by atoms with Crippen LogP contribution in [0.3, 0.4) is 0 Å². The van der Waals surface area contributed by atoms with Gasteiger partial charge >= 0.3 is 5.97 Å². The summed E-state index contributed by atoms with van der Waals surface area (Å²) in [5.41, 5.74) is 0. The number of amides is 1. The quantitative estimate of drug-likeness (QED) is 0.0418. The third-order valence-corrected chi connectivity index (χ3v) is 13.7. The van der Waals surface area contributed by atoms with Gasteiger partial charge in [-0.15, -0.1) is 0 Å². The first-order chi connectivity index (χ1) is 31.0. The Balaban J connectivity index is 3.34. The molecule has 63 heavy (non-hydrogen) atoms. The fourth-order valence-electron chi connectivity index (χ4n) is 9.23. The van der Waals surface area contributed by atoms with Crippen LogP contribution in [-0.4, -0.2) is 47.4 Å². The number of carbonyl (C=O) groups excluding carboxylic acids is 2. The molecule has 0 aliphatic heterocycles. The first kappa shape index (κ1) is 61.9. The zero-order valence-electron chi connectivity index (χ0n) is 42.8. The minimum absolute atomic E-state index is 0.0154. The molecule has 0 heterocycles. The highest BCUT2D eigenvalue weighted by molar-refractivity contribution is 5.76. The number of aliphatic hydroxyl groups excluding tert-OH is 2. The number of esters is 1. The summed E-state index contributed by atoms with van der Waals surface area (Å²) in [4.78, 5) is 24.5. The highest BCUT2D eigenvalue weighted by atomic mass is 16.5. The lowest BCUT2D eigenvalue weighted by atomic mass is 10.0. The van der Waals surface area contributed by atoms with Gasteiger partial charge in [-0.1, -0.05) is 290 Å². The maximum Gasteiger partial charge on any atom is 0.305 e. The van der Waals surface area contributed by atoms with E-state index in [1.807, 2.05) is 0 Å². The van der Waals surface area contributed by atoms with Crippen molar-refractivity contribution in [3.63, 3.8) is 0 Å². The van der Waals surface area contributed by atoms with Gasteiger partial charge in [-0.05, 0) is 25.7 Å². The molecule has 0 saturated carbocycles. The monoisotopic (exact) mass is 892 g/mol. The standard InChI is InChI=1S/C57H113NO5/c1-3-5-7-9-11-13-15-26-31-35-39-43-47-51-57(62)63-52-48-44-40-36-32-28-25-23-21-19-17-16-18-20-22-24-27-30-34-38-42-46-50-56(61)58-54(53-59)55(60)49-45-41-37-33-29-14-12-10-8-6-4-2/h54-55,59-60H,3-53H2,1-2H3,(H,58,61). The summed E-state index contributed by atoms with van der Waals surface area (Å²) < 4.78 is 5.48. The molecule has 0 saturated heterocycles. The van der Waals surface area contributed by atoms with E-state index < -0.39 is 12.1 Å². The second-order valence-corrected chi connectivity index (χ2v) is 20.0. The van der Waals surface area contributed by atoms with Crippen molar-refractivity contribution in [1.29, 1.82) is 0 Å². The van der Waals surface area contributed by atoms with E-state index in [1.54, 1.807) is 0 Å². The van der Waals surface area contributed by atoms with Gasteiger partial charge in [-0.25, -0.2) is 0 Å². The number of nitrogens with one attached hydrogen (secondary N) is 1. The van der Waals surface area contributed by atoms with E-state index in [1.165, 1.54) is 257 Å². The Kier molecular flexibility index (Phi) is 52.5. The van der Waals surface area contributed by atoms with Gasteiger partial charge in [-0.2, -0.15) is 0 Å². The summed E-state index contributed by atoms with van der Waals surface area (Å²) in [5, 5.41) is 23.2. The number of unbranched alkanes of at least 4 members (excludes halogenated alkanes) is 43. The molecule has 0 radical (unpaired) electrons. The lowest BCUT2D eigenvalue weighted by Crippen LogP contribution is -2.45. The molecule has 2 unspecified atom stereocenters. The molecule has 6 nitrogen and oxygen atoms in total. The van der Waals surface area contributed by atoms with Crippen LogP contribution >= 0.6 is 0 Å². The van der Waals surface area contributed by atoms with E-state index in [-0.39, 0.29) is 18.5 Å². The van der Waals surface area contributed by atoms with Crippen LogP contribution in [-0.2, 0) is 14.3 Å². The lowest BCUT2D eigenvalue weighted by molar-refractivity contribution is -0.143. The highest BCUT2D eigenvalue weighted by Gasteiger charge is 2.20. The molecule has 0 aromatic carbocycles. The summed E-state index contributed by atoms with van der Waals surface area (Å²) in [5.74, 6) is -0.0190. The summed E-state index contributed by atoms with van der Waals surface area (Å²) in [7, 11) is 0. The Morgan fingerprint density at radius 1 is 0.381 bits per heavy atom. The Bertz CT molecular complexity index is 898. The Labute approximate surface area is 394 Å². The van der Waals surface area contributed by atoms with E-state index in [0.717, 1.165) is 38.5 Å². The van der Waals surface area contributed by atoms with Gasteiger partial charge in [0.25, 0.3) is 0 Å². The summed E-state index contributed by atoms with van der Waals surface area (Å²) in [6, 6.07) is -0.538. The second-order valence-electron chi connectivity index (χ2n) is 20.0. The van der Waals surface area contributed by atoms with Crippen molar-refractivity contribution >= 4 is 11.9 Å². The number of rotatable bonds is 54. The minimum atomic E-state index is -0.661. The lowest BCUT2D eigenvalue weighted by Gasteiger charge is -2.22. The SMILES string of the molecule is CCCCCCCCCCCCCCCC(=O)OCCCCCCCCCCCCCCCCCCCCCCCCC(=O)NC(CO)C(O)CCCCCCCCCCCCC. The van der Waals surface area contributed by atoms with Crippen LogP contribution in [0.4, 0.5) is 0 Å². The topological polar surface area (TPSA) is 95.9 Å². The molecule has 0 spiro atoms. The average Bonchev–Trinajstić information content (AvgIpc) is 3.28. The third kappa shape index (κ3) is 50.1. The van der Waals surface area contributed by atoms with Crippen LogP contribution < -0.4 is 5.32 Å². The number of ether oxygens (including phenoxy) is 1. The normalized spacial score (nSPS) is 12.5. The van der Waals surface area contributed by atoms with Crippen LogP contribution in [0.25, 0.3) is 0 Å². The Morgan fingerprint density at radius 3 is 0.968 bits per heavy atom. The molecule has 3 N–H and O–H groups in total. The molecular formula is C57H113NO5. The smallest absolute Gasteiger partial charge is 0.305 e. The minimum Gasteiger partial charge on any atom is -0.466 e. The highest BCUT2D eigenvalue weighted by Crippen LogP contribution is 2.18. The molecule has 0 aliphatic rings. The summed E-state index contributed by atoms with van der Waals surface area (Å²) >= 11 is 0. The molecule has 2 atom stereocenters. The van der Waals surface area contributed by atoms with Crippen molar-refractivity contribution in [2.45, 2.75) is 341 Å². The summed E-state index contributed by atoms with van der Waals surface area (Å²) in [6.07, 6.45) is 61.0. The van der Waals surface area contributed by atoms with Crippen LogP contribution in [0.2, 0.25) is 0 Å². The van der Waals surface area contributed by atoms with Crippen molar-refractivity contribution in [1.82, 2.24) is 5.32 Å². The van der Waals surface area contributed by atoms with Crippen LogP contribution in [0.1, 0.15) is 328 Å². The molecule has 6 heteroatoms. The fourth-order valence-corrected chi connectivity index (χ4v) is 9.23. The predicted molar refractivity (Wildman–Crippen MR) is 274 cm³/mol. The maximum atomic E-state index is 12.4.